The third kappa shape index (κ3) is 5.52. The van der Waals surface area contributed by atoms with E-state index in [-0.39, 0.29) is 0 Å². The predicted octanol–water partition coefficient (Wildman–Crippen LogP) is 2.57. The van der Waals surface area contributed by atoms with Crippen molar-refractivity contribution in [2.45, 2.75) is 26.9 Å². The summed E-state index contributed by atoms with van der Waals surface area (Å²) in [6.45, 7) is 5.02. The fourth-order valence-corrected chi connectivity index (χ4v) is 1.29. The number of aromatic nitrogens is 1. The lowest BCUT2D eigenvalue weighted by Gasteiger charge is -2.12. The highest BCUT2D eigenvalue weighted by atomic mass is 35.5. The third-order valence-corrected chi connectivity index (χ3v) is 2.27. The normalized spacial score (nSPS) is 11.4. The van der Waals surface area contributed by atoms with Gasteiger partial charge in [-0.15, -0.1) is 0 Å². The molecule has 5 nitrogen and oxygen atoms in total. The molecule has 0 fully saturated rings. The number of rotatable bonds is 4. The lowest BCUT2D eigenvalue weighted by Crippen LogP contribution is -2.29. The molecule has 1 amide bonds. The highest BCUT2D eigenvalue weighted by Crippen LogP contribution is 2.10. The van der Waals surface area contributed by atoms with Gasteiger partial charge in [0.1, 0.15) is 5.82 Å². The van der Waals surface area contributed by atoms with Crippen LogP contribution < -0.4 is 5.32 Å². The molecule has 6 heteroatoms. The number of carbonyl (C=O) groups excluding carboxylic acids is 2. The van der Waals surface area contributed by atoms with E-state index < -0.39 is 18.0 Å². The first-order valence-corrected chi connectivity index (χ1v) is 6.04. The zero-order valence-corrected chi connectivity index (χ0v) is 11.7. The van der Waals surface area contributed by atoms with E-state index in [0.29, 0.717) is 10.8 Å². The van der Waals surface area contributed by atoms with E-state index in [2.05, 4.69) is 10.3 Å². The van der Waals surface area contributed by atoms with Gasteiger partial charge in [0.25, 0.3) is 5.91 Å². The lowest BCUT2D eigenvalue weighted by atomic mass is 10.3. The smallest absolute Gasteiger partial charge is 0.331 e. The first-order valence-electron chi connectivity index (χ1n) is 5.66. The van der Waals surface area contributed by atoms with Gasteiger partial charge in [0, 0.05) is 12.3 Å². The Balaban J connectivity index is 2.56. The summed E-state index contributed by atoms with van der Waals surface area (Å²) in [5, 5.41) is 2.99. The van der Waals surface area contributed by atoms with E-state index in [1.165, 1.54) is 19.2 Å². The van der Waals surface area contributed by atoms with Crippen molar-refractivity contribution < 1.29 is 14.3 Å². The van der Waals surface area contributed by atoms with Crippen LogP contribution in [0.4, 0.5) is 5.82 Å². The van der Waals surface area contributed by atoms with E-state index in [9.17, 15) is 9.59 Å². The van der Waals surface area contributed by atoms with Crippen molar-refractivity contribution in [2.75, 3.05) is 5.32 Å². The molecule has 102 valence electrons. The van der Waals surface area contributed by atoms with Crippen molar-refractivity contribution in [3.05, 3.63) is 35.0 Å². The van der Waals surface area contributed by atoms with Crippen molar-refractivity contribution >= 4 is 29.3 Å². The van der Waals surface area contributed by atoms with Crippen LogP contribution in [0.5, 0.6) is 0 Å². The molecule has 1 unspecified atom stereocenters. The van der Waals surface area contributed by atoms with Crippen LogP contribution in [0.15, 0.2) is 30.0 Å². The SMILES string of the molecule is CC(C)=CC(=O)OC(C)C(=O)Nc1ccc(Cl)cn1. The molecule has 19 heavy (non-hydrogen) atoms. The molecule has 0 saturated heterocycles. The van der Waals surface area contributed by atoms with Gasteiger partial charge in [0.15, 0.2) is 6.10 Å². The average molecular weight is 283 g/mol. The van der Waals surface area contributed by atoms with Crippen molar-refractivity contribution in [3.8, 4) is 0 Å². The molecule has 1 aromatic heterocycles. The summed E-state index contributed by atoms with van der Waals surface area (Å²) in [7, 11) is 0. The maximum Gasteiger partial charge on any atom is 0.331 e. The number of hydrogen-bond donors (Lipinski definition) is 1. The van der Waals surface area contributed by atoms with Gasteiger partial charge in [-0.25, -0.2) is 9.78 Å². The number of ether oxygens (including phenoxy) is 1. The van der Waals surface area contributed by atoms with Gasteiger partial charge in [0.2, 0.25) is 0 Å². The minimum Gasteiger partial charge on any atom is -0.449 e. The maximum atomic E-state index is 11.7. The highest BCUT2D eigenvalue weighted by Gasteiger charge is 2.17. The van der Waals surface area contributed by atoms with Crippen LogP contribution in [0.25, 0.3) is 0 Å². The number of hydrogen-bond acceptors (Lipinski definition) is 4. The van der Waals surface area contributed by atoms with Crippen LogP contribution in [0.3, 0.4) is 0 Å². The molecule has 0 aromatic carbocycles. The zero-order valence-electron chi connectivity index (χ0n) is 10.9. The molecular formula is C13H15ClN2O3. The molecule has 1 rings (SSSR count). The topological polar surface area (TPSA) is 68.3 Å². The number of nitrogens with zero attached hydrogens (tertiary/aromatic N) is 1. The Morgan fingerprint density at radius 2 is 2.11 bits per heavy atom. The van der Waals surface area contributed by atoms with Crippen LogP contribution >= 0.6 is 11.6 Å². The molecule has 1 aromatic rings. The molecule has 1 atom stereocenters. The summed E-state index contributed by atoms with van der Waals surface area (Å²) >= 11 is 5.68. The number of pyridine rings is 1. The first-order chi connectivity index (χ1) is 8.88. The standard InChI is InChI=1S/C13H15ClN2O3/c1-8(2)6-12(17)19-9(3)13(18)16-11-5-4-10(14)7-15-11/h4-7,9H,1-3H3,(H,15,16,18). The zero-order chi connectivity index (χ0) is 14.4. The first kappa shape index (κ1) is 15.2. The Bertz CT molecular complexity index is 493. The van der Waals surface area contributed by atoms with Crippen LogP contribution in [0, 0.1) is 0 Å². The monoisotopic (exact) mass is 282 g/mol. The Morgan fingerprint density at radius 1 is 1.42 bits per heavy atom. The van der Waals surface area contributed by atoms with Crippen LogP contribution in [0.1, 0.15) is 20.8 Å². The average Bonchev–Trinajstić information content (AvgIpc) is 2.30. The minimum atomic E-state index is -0.902. The van der Waals surface area contributed by atoms with Crippen molar-refractivity contribution in [1.29, 1.82) is 0 Å². The Kier molecular flexibility index (Phi) is 5.51. The van der Waals surface area contributed by atoms with Crippen LogP contribution in [0.2, 0.25) is 5.02 Å². The summed E-state index contributed by atoms with van der Waals surface area (Å²) in [4.78, 5) is 27.0. The fourth-order valence-electron chi connectivity index (χ4n) is 1.18. The Labute approximate surface area is 116 Å². The fraction of sp³-hybridized carbons (Fsp3) is 0.308. The molecule has 0 radical (unpaired) electrons. The molecule has 1 N–H and O–H groups in total. The third-order valence-electron chi connectivity index (χ3n) is 2.05. The largest absolute Gasteiger partial charge is 0.449 e. The number of nitrogens with one attached hydrogen (secondary N) is 1. The number of amides is 1. The van der Waals surface area contributed by atoms with Gasteiger partial charge >= 0.3 is 5.97 Å². The molecule has 0 aliphatic rings. The van der Waals surface area contributed by atoms with Gasteiger partial charge in [-0.05, 0) is 32.9 Å². The lowest BCUT2D eigenvalue weighted by molar-refractivity contribution is -0.148. The number of esters is 1. The van der Waals surface area contributed by atoms with Gasteiger partial charge in [-0.1, -0.05) is 17.2 Å². The van der Waals surface area contributed by atoms with E-state index in [4.69, 9.17) is 16.3 Å². The van der Waals surface area contributed by atoms with Gasteiger partial charge in [-0.3, -0.25) is 4.79 Å². The number of allylic oxidation sites excluding steroid dienone is 1. The summed E-state index contributed by atoms with van der Waals surface area (Å²) in [5.74, 6) is -0.656. The second-order valence-electron chi connectivity index (χ2n) is 4.15. The summed E-state index contributed by atoms with van der Waals surface area (Å²) in [5.41, 5.74) is 0.803. The maximum absolute atomic E-state index is 11.7. The number of anilines is 1. The Hall–Kier alpha value is -1.88. The summed E-state index contributed by atoms with van der Waals surface area (Å²) < 4.78 is 4.94. The van der Waals surface area contributed by atoms with Gasteiger partial charge in [-0.2, -0.15) is 0 Å². The van der Waals surface area contributed by atoms with Gasteiger partial charge in [0.05, 0.1) is 5.02 Å². The summed E-state index contributed by atoms with van der Waals surface area (Å²) in [6, 6.07) is 3.16. The molecule has 0 bridgehead atoms. The minimum absolute atomic E-state index is 0.347. The Morgan fingerprint density at radius 3 is 2.63 bits per heavy atom. The van der Waals surface area contributed by atoms with E-state index in [1.54, 1.807) is 26.0 Å². The summed E-state index contributed by atoms with van der Waals surface area (Å²) in [6.07, 6.45) is 1.84. The molecule has 0 saturated carbocycles. The number of carbonyl (C=O) groups is 2. The molecule has 0 aliphatic carbocycles. The van der Waals surface area contributed by atoms with Gasteiger partial charge < -0.3 is 10.1 Å². The quantitative estimate of drug-likeness (QED) is 0.681. The van der Waals surface area contributed by atoms with Crippen molar-refractivity contribution in [3.63, 3.8) is 0 Å². The van der Waals surface area contributed by atoms with E-state index in [0.717, 1.165) is 5.57 Å². The van der Waals surface area contributed by atoms with Crippen LogP contribution in [-0.4, -0.2) is 23.0 Å². The second kappa shape index (κ2) is 6.89. The predicted molar refractivity (Wildman–Crippen MR) is 72.9 cm³/mol. The second-order valence-corrected chi connectivity index (χ2v) is 4.59. The van der Waals surface area contributed by atoms with Crippen molar-refractivity contribution in [1.82, 2.24) is 4.98 Å². The number of halogens is 1. The molecule has 0 aliphatic heterocycles. The van der Waals surface area contributed by atoms with Crippen molar-refractivity contribution in [2.24, 2.45) is 0 Å². The molecule has 0 spiro atoms. The highest BCUT2D eigenvalue weighted by molar-refractivity contribution is 6.30. The molecule has 1 heterocycles. The van der Waals surface area contributed by atoms with E-state index in [1.807, 2.05) is 0 Å². The molecular weight excluding hydrogens is 268 g/mol. The van der Waals surface area contributed by atoms with Crippen LogP contribution in [-0.2, 0) is 14.3 Å². The van der Waals surface area contributed by atoms with E-state index >= 15 is 0 Å².